The van der Waals surface area contributed by atoms with Crippen LogP contribution in [0, 0.1) is 0 Å². The van der Waals surface area contributed by atoms with Crippen LogP contribution in [0.2, 0.25) is 10.0 Å². The maximum atomic E-state index is 13.6. The summed E-state index contributed by atoms with van der Waals surface area (Å²) in [6.45, 7) is 5.82. The number of pyridine rings is 2. The lowest BCUT2D eigenvalue weighted by Crippen LogP contribution is -2.44. The zero-order valence-corrected chi connectivity index (χ0v) is 34.6. The van der Waals surface area contributed by atoms with Gasteiger partial charge in [-0.05, 0) is 69.9 Å². The summed E-state index contributed by atoms with van der Waals surface area (Å²) in [6, 6.07) is 18.3. The zero-order valence-electron chi connectivity index (χ0n) is 33.1. The number of likely N-dealkylation sites (N-methyl/N-ethyl adjacent to an activating group) is 1. The molecule has 1 unspecified atom stereocenters. The van der Waals surface area contributed by atoms with Crippen LogP contribution in [0.5, 0.6) is 5.88 Å². The van der Waals surface area contributed by atoms with Gasteiger partial charge >= 0.3 is 12.1 Å². The lowest BCUT2D eigenvalue weighted by Gasteiger charge is -2.29. The van der Waals surface area contributed by atoms with Gasteiger partial charge in [0.2, 0.25) is 11.8 Å². The van der Waals surface area contributed by atoms with Crippen LogP contribution in [0.4, 0.5) is 10.5 Å². The van der Waals surface area contributed by atoms with Gasteiger partial charge in [0.1, 0.15) is 22.5 Å². The first-order valence-corrected chi connectivity index (χ1v) is 19.6. The molecule has 7 rings (SSSR count). The smallest absolute Gasteiger partial charge is 0.410 e. The number of nitrogens with zero attached hydrogens (tertiary/aromatic N) is 5. The van der Waals surface area contributed by atoms with E-state index in [1.165, 1.54) is 24.8 Å². The first kappa shape index (κ1) is 40.5. The van der Waals surface area contributed by atoms with Gasteiger partial charge < -0.3 is 29.3 Å². The lowest BCUT2D eigenvalue weighted by atomic mass is 9.97. The van der Waals surface area contributed by atoms with E-state index < -0.39 is 17.2 Å². The molecule has 15 heteroatoms. The molecule has 0 radical (unpaired) electrons. The number of ether oxygens (including phenoxy) is 3. The van der Waals surface area contributed by atoms with Crippen LogP contribution < -0.4 is 20.5 Å². The number of carbonyl (C=O) groups excluding carboxylic acids is 3. The Morgan fingerprint density at radius 2 is 1.64 bits per heavy atom. The van der Waals surface area contributed by atoms with Gasteiger partial charge in [-0.25, -0.2) is 19.6 Å². The van der Waals surface area contributed by atoms with E-state index in [-0.39, 0.29) is 36.6 Å². The van der Waals surface area contributed by atoms with E-state index >= 15 is 0 Å². The maximum absolute atomic E-state index is 13.6. The number of hydrogen-bond acceptors (Lipinski definition) is 10. The molecule has 1 aliphatic carbocycles. The zero-order chi connectivity index (χ0) is 41.5. The van der Waals surface area contributed by atoms with Gasteiger partial charge in [0.15, 0.2) is 0 Å². The fourth-order valence-electron chi connectivity index (χ4n) is 7.31. The normalized spacial score (nSPS) is 15.8. The Kier molecular flexibility index (Phi) is 11.1. The Morgan fingerprint density at radius 1 is 0.966 bits per heavy atom. The van der Waals surface area contributed by atoms with Crippen molar-refractivity contribution in [2.75, 3.05) is 32.7 Å². The van der Waals surface area contributed by atoms with Crippen LogP contribution >= 0.6 is 23.2 Å². The number of benzene rings is 2. The molecule has 5 aromatic rings. The number of fused-ring (bicyclic) bond motifs is 1. The fraction of sp³-hybridized carbons (Fsp3) is 0.349. The Hall–Kier alpha value is -5.66. The number of halogens is 2. The van der Waals surface area contributed by atoms with Crippen LogP contribution in [-0.2, 0) is 25.6 Å². The Morgan fingerprint density at radius 3 is 2.26 bits per heavy atom. The van der Waals surface area contributed by atoms with E-state index in [1.807, 2.05) is 48.5 Å². The first-order valence-electron chi connectivity index (χ1n) is 18.9. The van der Waals surface area contributed by atoms with Crippen molar-refractivity contribution in [3.63, 3.8) is 0 Å². The van der Waals surface area contributed by atoms with Gasteiger partial charge in [-0.2, -0.15) is 0 Å². The van der Waals surface area contributed by atoms with E-state index in [4.69, 9.17) is 42.4 Å². The standard InChI is InChI=1S/C43H44Cl2N6O7/c1-42(2,3)58-41(55)50(24-27-14-16-35(52)47-27)23-26-13-15-32(48-38(26)56-5)31-12-8-11-30(37(31)45)29-10-7-9-28(36(29)44)25-17-20-51-34(21-25)46-22-33(39(51)53)49(4)43(18-19-43)40(54)57-6/h7-13,15,17,20-22,27H,14,16,18-19,23-24H2,1-6H3,(H,47,52). The summed E-state index contributed by atoms with van der Waals surface area (Å²) < 4.78 is 17.9. The van der Waals surface area contributed by atoms with Crippen LogP contribution in [-0.4, -0.2) is 82.2 Å². The van der Waals surface area contributed by atoms with Gasteiger partial charge in [-0.3, -0.25) is 14.0 Å². The topological polar surface area (TPSA) is 145 Å². The molecular formula is C43H44Cl2N6O7. The number of carbonyl (C=O) groups is 3. The highest BCUT2D eigenvalue weighted by Crippen LogP contribution is 2.44. The van der Waals surface area contributed by atoms with Gasteiger partial charge in [0.05, 0.1) is 42.7 Å². The average Bonchev–Trinajstić information content (AvgIpc) is 3.91. The molecule has 0 spiro atoms. The Labute approximate surface area is 345 Å². The monoisotopic (exact) mass is 826 g/mol. The van der Waals surface area contributed by atoms with Crippen molar-refractivity contribution in [3.8, 4) is 39.4 Å². The highest BCUT2D eigenvalue weighted by atomic mass is 35.5. The minimum Gasteiger partial charge on any atom is -0.481 e. The predicted molar refractivity (Wildman–Crippen MR) is 222 cm³/mol. The molecule has 1 saturated carbocycles. The summed E-state index contributed by atoms with van der Waals surface area (Å²) in [5.41, 5.74) is 3.45. The number of nitrogens with one attached hydrogen (secondary N) is 1. The van der Waals surface area contributed by atoms with E-state index in [1.54, 1.807) is 55.9 Å². The van der Waals surface area contributed by atoms with E-state index in [2.05, 4.69) is 10.3 Å². The summed E-state index contributed by atoms with van der Waals surface area (Å²) >= 11 is 14.3. The predicted octanol–water partition coefficient (Wildman–Crippen LogP) is 7.56. The molecule has 1 saturated heterocycles. The molecule has 2 aromatic carbocycles. The molecule has 2 fully saturated rings. The summed E-state index contributed by atoms with van der Waals surface area (Å²) in [5, 5.41) is 3.79. The third kappa shape index (κ3) is 7.93. The number of amides is 2. The van der Waals surface area contributed by atoms with Gasteiger partial charge in [-0.15, -0.1) is 0 Å². The van der Waals surface area contributed by atoms with E-state index in [9.17, 15) is 19.2 Å². The summed E-state index contributed by atoms with van der Waals surface area (Å²) in [6.07, 6.45) is 4.84. The van der Waals surface area contributed by atoms with Gasteiger partial charge in [0, 0.05) is 60.1 Å². The second-order valence-corrected chi connectivity index (χ2v) is 16.3. The highest BCUT2D eigenvalue weighted by molar-refractivity contribution is 6.39. The fourth-order valence-corrected chi connectivity index (χ4v) is 7.97. The summed E-state index contributed by atoms with van der Waals surface area (Å²) in [5.74, 6) is -0.115. The second-order valence-electron chi connectivity index (χ2n) is 15.5. The highest BCUT2D eigenvalue weighted by Gasteiger charge is 2.55. The molecule has 13 nitrogen and oxygen atoms in total. The van der Waals surface area contributed by atoms with E-state index in [0.717, 1.165) is 5.56 Å². The lowest BCUT2D eigenvalue weighted by molar-refractivity contribution is -0.143. The molecular weight excluding hydrogens is 783 g/mol. The van der Waals surface area contributed by atoms with Gasteiger partial charge in [-0.1, -0.05) is 59.6 Å². The van der Waals surface area contributed by atoms with E-state index in [0.29, 0.717) is 86.5 Å². The Bertz CT molecular complexity index is 2500. The number of esters is 1. The first-order chi connectivity index (χ1) is 27.6. The number of hydrogen-bond donors (Lipinski definition) is 1. The molecule has 3 aromatic heterocycles. The van der Waals surface area contributed by atoms with Crippen molar-refractivity contribution in [2.45, 2.75) is 70.2 Å². The molecule has 0 bridgehead atoms. The molecule has 2 amide bonds. The third-order valence-corrected chi connectivity index (χ3v) is 11.3. The van der Waals surface area contributed by atoms with Crippen LogP contribution in [0.1, 0.15) is 52.0 Å². The average molecular weight is 828 g/mol. The van der Waals surface area contributed by atoms with Crippen LogP contribution in [0.3, 0.4) is 0 Å². The van der Waals surface area contributed by atoms with Crippen molar-refractivity contribution in [2.24, 2.45) is 0 Å². The molecule has 1 N–H and O–H groups in total. The molecule has 4 heterocycles. The minimum absolute atomic E-state index is 0.0438. The SMILES string of the molecule is COC(=O)C1(N(C)c2cnc3cc(-c4cccc(-c5cccc(-c6ccc(CN(CC7CCC(=O)N7)C(=O)OC(C)(C)C)c(OC)n6)c5Cl)c4Cl)ccn3c2=O)CC1. The number of aromatic nitrogens is 3. The van der Waals surface area contributed by atoms with Crippen molar-refractivity contribution in [1.29, 1.82) is 0 Å². The molecule has 1 aliphatic heterocycles. The van der Waals surface area contributed by atoms with Crippen LogP contribution in [0.25, 0.3) is 39.2 Å². The number of anilines is 1. The van der Waals surface area contributed by atoms with Crippen LogP contribution in [0.15, 0.2) is 77.9 Å². The van der Waals surface area contributed by atoms with Gasteiger partial charge in [0.25, 0.3) is 5.56 Å². The summed E-state index contributed by atoms with van der Waals surface area (Å²) in [7, 11) is 4.56. The van der Waals surface area contributed by atoms with Crippen molar-refractivity contribution in [1.82, 2.24) is 24.6 Å². The molecule has 58 heavy (non-hydrogen) atoms. The second kappa shape index (κ2) is 15.9. The molecule has 1 atom stereocenters. The van der Waals surface area contributed by atoms with Crippen molar-refractivity contribution >= 4 is 52.5 Å². The van der Waals surface area contributed by atoms with Crippen molar-refractivity contribution in [3.05, 3.63) is 99.0 Å². The maximum Gasteiger partial charge on any atom is 0.410 e. The minimum atomic E-state index is -0.857. The summed E-state index contributed by atoms with van der Waals surface area (Å²) in [4.78, 5) is 63.9. The number of rotatable bonds is 11. The molecule has 2 aliphatic rings. The quantitative estimate of drug-likeness (QED) is 0.133. The molecule has 302 valence electrons. The third-order valence-electron chi connectivity index (χ3n) is 10.5. The largest absolute Gasteiger partial charge is 0.481 e. The van der Waals surface area contributed by atoms with Crippen molar-refractivity contribution < 1.29 is 28.6 Å². The Balaban J connectivity index is 1.17. The number of methoxy groups -OCH3 is 2.